The third kappa shape index (κ3) is 3.88. The second-order valence-electron chi connectivity index (χ2n) is 7.97. The Morgan fingerprint density at radius 3 is 2.83 bits per heavy atom. The van der Waals surface area contributed by atoms with Crippen LogP contribution in [0.15, 0.2) is 34.9 Å². The van der Waals surface area contributed by atoms with Crippen LogP contribution in [-0.4, -0.2) is 40.1 Å². The maximum absolute atomic E-state index is 12.8. The summed E-state index contributed by atoms with van der Waals surface area (Å²) in [6.45, 7) is 2.32. The summed E-state index contributed by atoms with van der Waals surface area (Å²) < 4.78 is 39.3. The molecular formula is C22H25F2N3O2. The van der Waals surface area contributed by atoms with Crippen molar-refractivity contribution in [1.29, 1.82) is 0 Å². The number of oxazole rings is 1. The highest BCUT2D eigenvalue weighted by molar-refractivity contribution is 5.86. The maximum atomic E-state index is 12.8. The molecule has 0 radical (unpaired) electrons. The van der Waals surface area contributed by atoms with E-state index < -0.39 is 6.43 Å². The molecule has 0 amide bonds. The third-order valence-corrected chi connectivity index (χ3v) is 5.94. The van der Waals surface area contributed by atoms with Gasteiger partial charge in [-0.25, -0.2) is 13.8 Å². The van der Waals surface area contributed by atoms with E-state index in [0.29, 0.717) is 0 Å². The molecule has 1 aliphatic heterocycles. The van der Waals surface area contributed by atoms with E-state index in [9.17, 15) is 8.78 Å². The molecule has 0 unspecified atom stereocenters. The zero-order valence-corrected chi connectivity index (χ0v) is 16.3. The van der Waals surface area contributed by atoms with E-state index >= 15 is 0 Å². The van der Waals surface area contributed by atoms with Crippen LogP contribution in [0.1, 0.15) is 36.6 Å². The molecule has 2 aromatic heterocycles. The van der Waals surface area contributed by atoms with Gasteiger partial charge < -0.3 is 13.7 Å². The third-order valence-electron chi connectivity index (χ3n) is 5.94. The summed E-state index contributed by atoms with van der Waals surface area (Å²) in [5.41, 5.74) is 1.93. The molecule has 1 aliphatic carbocycles. The van der Waals surface area contributed by atoms with Crippen LogP contribution in [0.4, 0.5) is 8.78 Å². The van der Waals surface area contributed by atoms with Gasteiger partial charge >= 0.3 is 0 Å². The topological polar surface area (TPSA) is 43.4 Å². The first-order valence-corrected chi connectivity index (χ1v) is 10.4. The number of ether oxygens (including phenoxy) is 1. The van der Waals surface area contributed by atoms with Crippen molar-refractivity contribution in [2.24, 2.45) is 0 Å². The van der Waals surface area contributed by atoms with Gasteiger partial charge in [0.2, 0.25) is 5.89 Å². The molecule has 0 N–H and O–H groups in total. The lowest BCUT2D eigenvalue weighted by Gasteiger charge is -2.31. The van der Waals surface area contributed by atoms with E-state index in [0.717, 1.165) is 85.7 Å². The highest BCUT2D eigenvalue weighted by atomic mass is 19.3. The predicted octanol–water partition coefficient (Wildman–Crippen LogP) is 4.43. The van der Waals surface area contributed by atoms with E-state index in [1.165, 1.54) is 0 Å². The van der Waals surface area contributed by atoms with Crippen LogP contribution >= 0.6 is 0 Å². The minimum Gasteiger partial charge on any atom is -0.490 e. The second-order valence-corrected chi connectivity index (χ2v) is 7.97. The van der Waals surface area contributed by atoms with E-state index in [1.54, 1.807) is 10.8 Å². The van der Waals surface area contributed by atoms with Crippen molar-refractivity contribution < 1.29 is 17.9 Å². The largest absolute Gasteiger partial charge is 0.490 e. The summed E-state index contributed by atoms with van der Waals surface area (Å²) in [6, 6.07) is 7.52. The number of nitrogens with zero attached hydrogens (tertiary/aromatic N) is 3. The second kappa shape index (κ2) is 7.78. The number of piperidine rings is 1. The summed E-state index contributed by atoms with van der Waals surface area (Å²) in [7, 11) is 0. The molecule has 3 heterocycles. The van der Waals surface area contributed by atoms with Gasteiger partial charge in [0, 0.05) is 31.1 Å². The fourth-order valence-electron chi connectivity index (χ4n) is 4.47. The summed E-state index contributed by atoms with van der Waals surface area (Å²) in [6.07, 6.45) is 4.53. The van der Waals surface area contributed by atoms with Crippen LogP contribution in [-0.2, 0) is 25.9 Å². The Labute approximate surface area is 168 Å². The van der Waals surface area contributed by atoms with Crippen molar-refractivity contribution in [3.05, 3.63) is 47.8 Å². The summed E-state index contributed by atoms with van der Waals surface area (Å²) in [5.74, 6) is 2.68. The van der Waals surface area contributed by atoms with Crippen LogP contribution in [0.3, 0.4) is 0 Å². The smallest absolute Gasteiger partial charge is 0.256 e. The molecule has 3 aromatic rings. The average Bonchev–Trinajstić information content (AvgIpc) is 3.39. The summed E-state index contributed by atoms with van der Waals surface area (Å²) in [5, 5.41) is 0.893. The molecule has 29 heavy (non-hydrogen) atoms. The van der Waals surface area contributed by atoms with Gasteiger partial charge in [-0.15, -0.1) is 0 Å². The molecule has 5 rings (SSSR count). The molecule has 154 valence electrons. The monoisotopic (exact) mass is 401 g/mol. The van der Waals surface area contributed by atoms with Crippen molar-refractivity contribution in [3.8, 4) is 5.75 Å². The number of rotatable bonds is 6. The zero-order chi connectivity index (χ0) is 19.8. The summed E-state index contributed by atoms with van der Waals surface area (Å²) >= 11 is 0. The van der Waals surface area contributed by atoms with Crippen molar-refractivity contribution in [3.63, 3.8) is 0 Å². The van der Waals surface area contributed by atoms with Gasteiger partial charge in [0.1, 0.15) is 17.6 Å². The highest BCUT2D eigenvalue weighted by Crippen LogP contribution is 2.30. The molecule has 0 bridgehead atoms. The quantitative estimate of drug-likeness (QED) is 0.613. The van der Waals surface area contributed by atoms with Crippen LogP contribution in [0.2, 0.25) is 0 Å². The van der Waals surface area contributed by atoms with Crippen LogP contribution < -0.4 is 4.74 Å². The van der Waals surface area contributed by atoms with Gasteiger partial charge in [0.05, 0.1) is 24.3 Å². The number of aryl methyl sites for hydroxylation is 2. The van der Waals surface area contributed by atoms with E-state index in [1.807, 2.05) is 24.3 Å². The Kier molecular flexibility index (Phi) is 4.99. The summed E-state index contributed by atoms with van der Waals surface area (Å²) in [4.78, 5) is 6.99. The normalized spacial score (nSPS) is 18.0. The van der Waals surface area contributed by atoms with E-state index in [2.05, 4.69) is 9.88 Å². The zero-order valence-electron chi connectivity index (χ0n) is 16.3. The molecule has 0 spiro atoms. The fraction of sp³-hybridized carbons (Fsp3) is 0.500. The van der Waals surface area contributed by atoms with Crippen LogP contribution in [0, 0.1) is 0 Å². The molecule has 5 nitrogen and oxygen atoms in total. The van der Waals surface area contributed by atoms with Crippen molar-refractivity contribution in [2.45, 2.75) is 57.7 Å². The van der Waals surface area contributed by atoms with E-state index in [4.69, 9.17) is 9.15 Å². The number of likely N-dealkylation sites (tertiary alicyclic amines) is 1. The Hall–Kier alpha value is -2.41. The first-order chi connectivity index (χ1) is 14.2. The van der Waals surface area contributed by atoms with Gasteiger partial charge in [0.25, 0.3) is 6.43 Å². The number of aromatic nitrogens is 2. The van der Waals surface area contributed by atoms with Crippen molar-refractivity contribution in [1.82, 2.24) is 14.5 Å². The minimum atomic E-state index is -2.37. The lowest BCUT2D eigenvalue weighted by atomic mass is 10.1. The Balaban J connectivity index is 1.20. The highest BCUT2D eigenvalue weighted by Gasteiger charge is 2.24. The van der Waals surface area contributed by atoms with Gasteiger partial charge in [-0.3, -0.25) is 4.90 Å². The molecule has 0 saturated carbocycles. The number of fused-ring (bicyclic) bond motifs is 2. The molecule has 1 aromatic carbocycles. The minimum absolute atomic E-state index is 0.130. The average molecular weight is 401 g/mol. The lowest BCUT2D eigenvalue weighted by molar-refractivity contribution is 0.0926. The number of alkyl halides is 2. The number of hydrogen-bond acceptors (Lipinski definition) is 4. The van der Waals surface area contributed by atoms with Crippen LogP contribution in [0.5, 0.6) is 5.75 Å². The predicted molar refractivity (Wildman–Crippen MR) is 105 cm³/mol. The van der Waals surface area contributed by atoms with Gasteiger partial charge in [-0.2, -0.15) is 0 Å². The van der Waals surface area contributed by atoms with Gasteiger partial charge in [0.15, 0.2) is 0 Å². The first kappa shape index (κ1) is 18.6. The molecule has 0 atom stereocenters. The van der Waals surface area contributed by atoms with Crippen molar-refractivity contribution in [2.75, 3.05) is 13.1 Å². The maximum Gasteiger partial charge on any atom is 0.256 e. The molecular weight excluding hydrogens is 376 g/mol. The fourth-order valence-corrected chi connectivity index (χ4v) is 4.47. The van der Waals surface area contributed by atoms with Crippen LogP contribution in [0.25, 0.3) is 10.9 Å². The van der Waals surface area contributed by atoms with Crippen molar-refractivity contribution >= 4 is 10.9 Å². The van der Waals surface area contributed by atoms with Gasteiger partial charge in [-0.05, 0) is 43.9 Å². The number of halogens is 2. The SMILES string of the molecule is FC(F)Cn1ccc2c(OC3CCN(Cc4nc5c(o4)CCC5)CC3)cccc21. The number of benzene rings is 1. The number of hydrogen-bond donors (Lipinski definition) is 0. The van der Waals surface area contributed by atoms with Gasteiger partial charge in [-0.1, -0.05) is 6.07 Å². The molecule has 1 fully saturated rings. The standard InChI is InChI=1S/C22H25F2N3O2/c23-21(24)13-27-12-9-16-18(27)4-2-5-19(16)28-15-7-10-26(11-8-15)14-22-25-17-3-1-6-20(17)29-22/h2,4-5,9,12,15,21H,1,3,6-8,10-11,13-14H2. The van der Waals surface area contributed by atoms with E-state index in [-0.39, 0.29) is 12.6 Å². The Morgan fingerprint density at radius 1 is 1.17 bits per heavy atom. The first-order valence-electron chi connectivity index (χ1n) is 10.4. The Morgan fingerprint density at radius 2 is 2.03 bits per heavy atom. The molecule has 2 aliphatic rings. The Bertz CT molecular complexity index is 968. The molecule has 7 heteroatoms. The molecule has 1 saturated heterocycles. The lowest BCUT2D eigenvalue weighted by Crippen LogP contribution is -2.37.